The second kappa shape index (κ2) is 11.5. The lowest BCUT2D eigenvalue weighted by Crippen LogP contribution is -1.94. The van der Waals surface area contributed by atoms with Crippen molar-refractivity contribution in [2.45, 2.75) is 58.3 Å². The van der Waals surface area contributed by atoms with Crippen LogP contribution in [0.3, 0.4) is 0 Å². The van der Waals surface area contributed by atoms with Crippen molar-refractivity contribution >= 4 is 5.97 Å². The topological polar surface area (TPSA) is 37.3 Å². The number of hydrogen-bond acceptors (Lipinski definition) is 1. The molecular formula is C20H24O2. The molecule has 1 N–H and O–H groups in total. The molecule has 1 aromatic carbocycles. The minimum Gasteiger partial charge on any atom is -0.478 e. The summed E-state index contributed by atoms with van der Waals surface area (Å²) in [7, 11) is 0. The van der Waals surface area contributed by atoms with Gasteiger partial charge < -0.3 is 5.11 Å². The highest BCUT2D eigenvalue weighted by Gasteiger charge is 1.99. The van der Waals surface area contributed by atoms with Crippen LogP contribution in [-0.2, 0) is 0 Å². The first-order chi connectivity index (χ1) is 10.7. The highest BCUT2D eigenvalue weighted by Crippen LogP contribution is 2.07. The minimum atomic E-state index is -0.922. The van der Waals surface area contributed by atoms with Crippen LogP contribution in [0.25, 0.3) is 0 Å². The molecule has 0 aliphatic carbocycles. The first-order valence-electron chi connectivity index (χ1n) is 8.06. The van der Waals surface area contributed by atoms with Gasteiger partial charge >= 0.3 is 5.97 Å². The lowest BCUT2D eigenvalue weighted by atomic mass is 10.1. The molecule has 0 unspecified atom stereocenters. The molecule has 0 spiro atoms. The van der Waals surface area contributed by atoms with Crippen LogP contribution < -0.4 is 0 Å². The van der Waals surface area contributed by atoms with Gasteiger partial charge in [-0.3, -0.25) is 0 Å². The van der Waals surface area contributed by atoms with E-state index in [9.17, 15) is 4.79 Å². The molecule has 2 nitrogen and oxygen atoms in total. The summed E-state index contributed by atoms with van der Waals surface area (Å²) in [5.41, 5.74) is 1.06. The number of carboxylic acids is 1. The third-order valence-corrected chi connectivity index (χ3v) is 3.39. The Balaban J connectivity index is 2.20. The summed E-state index contributed by atoms with van der Waals surface area (Å²) < 4.78 is 0. The van der Waals surface area contributed by atoms with Crippen LogP contribution in [0.15, 0.2) is 24.3 Å². The number of carboxylic acid groups (broad SMARTS) is 1. The van der Waals surface area contributed by atoms with E-state index in [0.717, 1.165) is 18.4 Å². The molecule has 0 saturated heterocycles. The highest BCUT2D eigenvalue weighted by molar-refractivity contribution is 5.87. The van der Waals surface area contributed by atoms with Crippen LogP contribution in [0.5, 0.6) is 0 Å². The molecule has 1 aromatic rings. The van der Waals surface area contributed by atoms with Gasteiger partial charge in [-0.25, -0.2) is 4.79 Å². The first kappa shape index (κ1) is 17.9. The van der Waals surface area contributed by atoms with Crippen LogP contribution in [0, 0.1) is 23.7 Å². The summed E-state index contributed by atoms with van der Waals surface area (Å²) in [5, 5.41) is 8.79. The van der Waals surface area contributed by atoms with Crippen molar-refractivity contribution in [1.82, 2.24) is 0 Å². The number of aromatic carboxylic acids is 1. The van der Waals surface area contributed by atoms with Crippen LogP contribution in [0.4, 0.5) is 0 Å². The molecule has 0 aromatic heterocycles. The number of hydrogen-bond donors (Lipinski definition) is 1. The van der Waals surface area contributed by atoms with Gasteiger partial charge in [0.2, 0.25) is 0 Å². The smallest absolute Gasteiger partial charge is 0.335 e. The van der Waals surface area contributed by atoms with Gasteiger partial charge in [0.05, 0.1) is 5.56 Å². The first-order valence-corrected chi connectivity index (χ1v) is 8.06. The molecule has 0 aliphatic heterocycles. The summed E-state index contributed by atoms with van der Waals surface area (Å²) >= 11 is 0. The maximum Gasteiger partial charge on any atom is 0.335 e. The predicted octanol–water partition coefficient (Wildman–Crippen LogP) is 4.88. The molecule has 0 fully saturated rings. The molecule has 116 valence electrons. The number of rotatable bonds is 8. The quantitative estimate of drug-likeness (QED) is 0.548. The molecule has 0 saturated carbocycles. The molecule has 2 heteroatoms. The summed E-state index contributed by atoms with van der Waals surface area (Å²) in [4.78, 5) is 10.7. The summed E-state index contributed by atoms with van der Waals surface area (Å²) in [6.45, 7) is 2.23. The summed E-state index contributed by atoms with van der Waals surface area (Å²) in [6.07, 6.45) is 9.95. The Morgan fingerprint density at radius 3 is 2.23 bits per heavy atom. The SMILES string of the molecule is CCCCCCCCCC#CC#Cc1ccc(C(=O)O)cc1. The Labute approximate surface area is 133 Å². The van der Waals surface area contributed by atoms with Crippen LogP contribution in [0.2, 0.25) is 0 Å². The third kappa shape index (κ3) is 8.18. The van der Waals surface area contributed by atoms with Gasteiger partial charge in [0, 0.05) is 12.0 Å². The lowest BCUT2D eigenvalue weighted by molar-refractivity contribution is 0.0697. The van der Waals surface area contributed by atoms with Gasteiger partial charge in [0.15, 0.2) is 0 Å². The maximum atomic E-state index is 10.7. The maximum absolute atomic E-state index is 10.7. The normalized spacial score (nSPS) is 9.32. The molecule has 0 amide bonds. The largest absolute Gasteiger partial charge is 0.478 e. The Morgan fingerprint density at radius 2 is 1.59 bits per heavy atom. The van der Waals surface area contributed by atoms with Crippen LogP contribution >= 0.6 is 0 Å². The second-order valence-corrected chi connectivity index (χ2v) is 5.31. The van der Waals surface area contributed by atoms with E-state index in [1.807, 2.05) is 0 Å². The minimum absolute atomic E-state index is 0.274. The van der Waals surface area contributed by atoms with E-state index in [1.165, 1.54) is 38.5 Å². The Kier molecular flexibility index (Phi) is 9.31. The fourth-order valence-corrected chi connectivity index (χ4v) is 2.08. The molecule has 1 rings (SSSR count). The zero-order chi connectivity index (χ0) is 16.0. The molecule has 22 heavy (non-hydrogen) atoms. The molecule has 0 aliphatic rings. The Bertz CT molecular complexity index is 562. The molecule has 0 radical (unpaired) electrons. The van der Waals surface area contributed by atoms with Gasteiger partial charge in [0.25, 0.3) is 0 Å². The Morgan fingerprint density at radius 1 is 0.955 bits per heavy atom. The van der Waals surface area contributed by atoms with Crippen molar-refractivity contribution in [3.05, 3.63) is 35.4 Å². The second-order valence-electron chi connectivity index (χ2n) is 5.31. The van der Waals surface area contributed by atoms with Crippen molar-refractivity contribution in [2.75, 3.05) is 0 Å². The zero-order valence-corrected chi connectivity index (χ0v) is 13.3. The summed E-state index contributed by atoms with van der Waals surface area (Å²) in [5.74, 6) is 10.7. The van der Waals surface area contributed by atoms with E-state index in [4.69, 9.17) is 5.11 Å². The fraction of sp³-hybridized carbons (Fsp3) is 0.450. The van der Waals surface area contributed by atoms with Crippen molar-refractivity contribution in [3.63, 3.8) is 0 Å². The van der Waals surface area contributed by atoms with Crippen molar-refractivity contribution in [1.29, 1.82) is 0 Å². The molecule has 0 heterocycles. The van der Waals surface area contributed by atoms with Gasteiger partial charge in [-0.15, -0.1) is 0 Å². The lowest BCUT2D eigenvalue weighted by Gasteiger charge is -1.97. The van der Waals surface area contributed by atoms with Crippen LogP contribution in [-0.4, -0.2) is 11.1 Å². The number of unbranched alkanes of at least 4 members (excludes halogenated alkanes) is 7. The number of benzene rings is 1. The van der Waals surface area contributed by atoms with Crippen molar-refractivity contribution < 1.29 is 9.90 Å². The highest BCUT2D eigenvalue weighted by atomic mass is 16.4. The fourth-order valence-electron chi connectivity index (χ4n) is 2.08. The average Bonchev–Trinajstić information content (AvgIpc) is 2.53. The molecular weight excluding hydrogens is 272 g/mol. The van der Waals surface area contributed by atoms with Crippen molar-refractivity contribution in [2.24, 2.45) is 0 Å². The van der Waals surface area contributed by atoms with E-state index in [-0.39, 0.29) is 5.56 Å². The third-order valence-electron chi connectivity index (χ3n) is 3.39. The van der Waals surface area contributed by atoms with E-state index in [2.05, 4.69) is 30.6 Å². The Hall–Kier alpha value is -2.19. The average molecular weight is 296 g/mol. The van der Waals surface area contributed by atoms with Gasteiger partial charge in [-0.2, -0.15) is 0 Å². The van der Waals surface area contributed by atoms with E-state index >= 15 is 0 Å². The zero-order valence-electron chi connectivity index (χ0n) is 13.3. The van der Waals surface area contributed by atoms with E-state index in [0.29, 0.717) is 0 Å². The van der Waals surface area contributed by atoms with E-state index in [1.54, 1.807) is 24.3 Å². The van der Waals surface area contributed by atoms with E-state index < -0.39 is 5.97 Å². The van der Waals surface area contributed by atoms with Gasteiger partial charge in [0.1, 0.15) is 0 Å². The van der Waals surface area contributed by atoms with Crippen LogP contribution in [0.1, 0.15) is 74.2 Å². The molecule has 0 bridgehead atoms. The molecule has 0 atom stereocenters. The standard InChI is InChI=1S/C20H24O2/c1-2-3-4-5-6-7-8-9-10-11-12-13-18-14-16-19(17-15-18)20(21)22/h14-17H,2-9H2,1H3,(H,21,22). The monoisotopic (exact) mass is 296 g/mol. The van der Waals surface area contributed by atoms with Crippen molar-refractivity contribution in [3.8, 4) is 23.7 Å². The summed E-state index contributed by atoms with van der Waals surface area (Å²) in [6, 6.07) is 6.51. The number of carbonyl (C=O) groups is 1. The van der Waals surface area contributed by atoms with Gasteiger partial charge in [-0.05, 0) is 42.5 Å². The van der Waals surface area contributed by atoms with Gasteiger partial charge in [-0.1, -0.05) is 57.3 Å². The predicted molar refractivity (Wildman–Crippen MR) is 90.7 cm³/mol.